The lowest BCUT2D eigenvalue weighted by molar-refractivity contribution is 0.819. The van der Waals surface area contributed by atoms with Crippen LogP contribution in [0, 0.1) is 0 Å². The van der Waals surface area contributed by atoms with Crippen molar-refractivity contribution in [1.82, 2.24) is 19.7 Å². The van der Waals surface area contributed by atoms with E-state index < -0.39 is 0 Å². The molecule has 4 rings (SSSR count). The van der Waals surface area contributed by atoms with Crippen LogP contribution in [0.1, 0.15) is 24.5 Å². The van der Waals surface area contributed by atoms with Gasteiger partial charge in [0.25, 0.3) is 0 Å². The summed E-state index contributed by atoms with van der Waals surface area (Å²) in [7, 11) is 0. The van der Waals surface area contributed by atoms with Crippen LogP contribution < -0.4 is 5.73 Å². The van der Waals surface area contributed by atoms with Gasteiger partial charge in [0.1, 0.15) is 4.83 Å². The lowest BCUT2D eigenvalue weighted by atomic mass is 10.3. The van der Waals surface area contributed by atoms with Gasteiger partial charge in [-0.05, 0) is 30.4 Å². The van der Waals surface area contributed by atoms with Crippen LogP contribution in [0.15, 0.2) is 23.7 Å². The van der Waals surface area contributed by atoms with Crippen molar-refractivity contribution in [3.05, 3.63) is 29.4 Å². The number of hydrogen-bond acceptors (Lipinski definition) is 5. The first-order chi connectivity index (χ1) is 8.81. The Morgan fingerprint density at radius 3 is 3.00 bits per heavy atom. The molecule has 3 aromatic heterocycles. The zero-order valence-electron chi connectivity index (χ0n) is 9.58. The maximum Gasteiger partial charge on any atom is 0.223 e. The molecule has 0 bridgehead atoms. The Labute approximate surface area is 107 Å². The summed E-state index contributed by atoms with van der Waals surface area (Å²) in [5.74, 6) is 1.71. The lowest BCUT2D eigenvalue weighted by Gasteiger charge is -2.03. The fourth-order valence-electron chi connectivity index (χ4n) is 2.08. The van der Waals surface area contributed by atoms with E-state index in [-0.39, 0.29) is 0 Å². The molecule has 18 heavy (non-hydrogen) atoms. The average Bonchev–Trinajstić information content (AvgIpc) is 2.91. The standard InChI is InChI=1S/C12H11N5S/c13-12-14-10(8-4-6-18-11(8)15-12)17-5-3-9(16-17)7-1-2-7/h3-7H,1-2H2,(H2,13,14,15). The third kappa shape index (κ3) is 1.49. The molecule has 90 valence electrons. The van der Waals surface area contributed by atoms with Crippen LogP contribution in [-0.2, 0) is 0 Å². The van der Waals surface area contributed by atoms with Gasteiger partial charge in [0.05, 0.1) is 11.1 Å². The van der Waals surface area contributed by atoms with Gasteiger partial charge in [0, 0.05) is 12.1 Å². The van der Waals surface area contributed by atoms with Crippen molar-refractivity contribution >= 4 is 27.5 Å². The number of anilines is 1. The molecule has 0 saturated heterocycles. The molecule has 1 saturated carbocycles. The summed E-state index contributed by atoms with van der Waals surface area (Å²) in [4.78, 5) is 9.43. The number of nitrogens with two attached hydrogens (primary N) is 1. The molecule has 0 aromatic carbocycles. The zero-order valence-corrected chi connectivity index (χ0v) is 10.4. The summed E-state index contributed by atoms with van der Waals surface area (Å²) in [5, 5.41) is 7.58. The minimum Gasteiger partial charge on any atom is -0.368 e. The van der Waals surface area contributed by atoms with Crippen LogP contribution in [0.2, 0.25) is 0 Å². The van der Waals surface area contributed by atoms with Crippen molar-refractivity contribution in [2.75, 3.05) is 5.73 Å². The van der Waals surface area contributed by atoms with Gasteiger partial charge in [-0.2, -0.15) is 10.1 Å². The highest BCUT2D eigenvalue weighted by atomic mass is 32.1. The van der Waals surface area contributed by atoms with Crippen LogP contribution in [-0.4, -0.2) is 19.7 Å². The summed E-state index contributed by atoms with van der Waals surface area (Å²) >= 11 is 1.56. The van der Waals surface area contributed by atoms with Crippen molar-refractivity contribution < 1.29 is 0 Å². The van der Waals surface area contributed by atoms with Gasteiger partial charge < -0.3 is 5.73 Å². The first-order valence-electron chi connectivity index (χ1n) is 5.88. The van der Waals surface area contributed by atoms with Crippen molar-refractivity contribution in [2.45, 2.75) is 18.8 Å². The predicted octanol–water partition coefficient (Wildman–Crippen LogP) is 2.34. The number of hydrogen-bond donors (Lipinski definition) is 1. The monoisotopic (exact) mass is 257 g/mol. The molecule has 0 atom stereocenters. The predicted molar refractivity (Wildman–Crippen MR) is 70.9 cm³/mol. The molecule has 1 aliphatic rings. The van der Waals surface area contributed by atoms with Crippen LogP contribution in [0.25, 0.3) is 16.0 Å². The first-order valence-corrected chi connectivity index (χ1v) is 6.76. The van der Waals surface area contributed by atoms with Crippen LogP contribution in [0.3, 0.4) is 0 Å². The van der Waals surface area contributed by atoms with Gasteiger partial charge in [-0.25, -0.2) is 9.67 Å². The van der Waals surface area contributed by atoms with Crippen molar-refractivity contribution in [2.24, 2.45) is 0 Å². The molecule has 0 unspecified atom stereocenters. The molecule has 1 fully saturated rings. The average molecular weight is 257 g/mol. The summed E-state index contributed by atoms with van der Waals surface area (Å²) in [6.07, 6.45) is 4.44. The fourth-order valence-corrected chi connectivity index (χ4v) is 2.85. The van der Waals surface area contributed by atoms with Gasteiger partial charge in [0.2, 0.25) is 5.95 Å². The summed E-state index contributed by atoms with van der Waals surface area (Å²) < 4.78 is 1.81. The SMILES string of the molecule is Nc1nc(-n2ccc(C3CC3)n2)c2ccsc2n1. The van der Waals surface area contributed by atoms with Gasteiger partial charge in [0.15, 0.2) is 5.82 Å². The number of aromatic nitrogens is 4. The van der Waals surface area contributed by atoms with Crippen molar-refractivity contribution in [3.8, 4) is 5.82 Å². The fraction of sp³-hybridized carbons (Fsp3) is 0.250. The first kappa shape index (κ1) is 10.0. The Hall–Kier alpha value is -1.95. The molecule has 0 aliphatic heterocycles. The van der Waals surface area contributed by atoms with E-state index in [2.05, 4.69) is 21.1 Å². The van der Waals surface area contributed by atoms with Crippen molar-refractivity contribution in [3.63, 3.8) is 0 Å². The Balaban J connectivity index is 1.91. The molecular weight excluding hydrogens is 246 g/mol. The van der Waals surface area contributed by atoms with E-state index in [0.717, 1.165) is 21.7 Å². The van der Waals surface area contributed by atoms with E-state index in [1.165, 1.54) is 12.8 Å². The molecule has 1 aliphatic carbocycles. The van der Waals surface area contributed by atoms with Gasteiger partial charge in [-0.15, -0.1) is 11.3 Å². The van der Waals surface area contributed by atoms with E-state index >= 15 is 0 Å². The van der Waals surface area contributed by atoms with Gasteiger partial charge >= 0.3 is 0 Å². The number of nitrogen functional groups attached to an aromatic ring is 1. The maximum atomic E-state index is 5.74. The summed E-state index contributed by atoms with van der Waals surface area (Å²) in [6.45, 7) is 0. The normalized spacial score (nSPS) is 15.3. The number of rotatable bonds is 2. The highest BCUT2D eigenvalue weighted by Gasteiger charge is 2.26. The van der Waals surface area contributed by atoms with E-state index in [0.29, 0.717) is 11.9 Å². The molecule has 0 amide bonds. The number of fused-ring (bicyclic) bond motifs is 1. The second-order valence-corrected chi connectivity index (χ2v) is 5.40. The summed E-state index contributed by atoms with van der Waals surface area (Å²) in [6, 6.07) is 4.07. The van der Waals surface area contributed by atoms with Gasteiger partial charge in [-0.3, -0.25) is 0 Å². The van der Waals surface area contributed by atoms with Crippen LogP contribution >= 0.6 is 11.3 Å². The van der Waals surface area contributed by atoms with Crippen molar-refractivity contribution in [1.29, 1.82) is 0 Å². The molecule has 3 heterocycles. The van der Waals surface area contributed by atoms with E-state index in [1.807, 2.05) is 17.6 Å². The Morgan fingerprint density at radius 1 is 1.28 bits per heavy atom. The number of thiophene rings is 1. The number of nitrogens with zero attached hydrogens (tertiary/aromatic N) is 4. The molecule has 0 radical (unpaired) electrons. The highest BCUT2D eigenvalue weighted by molar-refractivity contribution is 7.16. The van der Waals surface area contributed by atoms with E-state index in [9.17, 15) is 0 Å². The minimum absolute atomic E-state index is 0.295. The van der Waals surface area contributed by atoms with Gasteiger partial charge in [-0.1, -0.05) is 0 Å². The summed E-state index contributed by atoms with van der Waals surface area (Å²) in [5.41, 5.74) is 6.89. The second-order valence-electron chi connectivity index (χ2n) is 4.50. The minimum atomic E-state index is 0.295. The molecule has 6 heteroatoms. The third-order valence-corrected chi connectivity index (χ3v) is 3.95. The quantitative estimate of drug-likeness (QED) is 0.765. The Bertz CT molecular complexity index is 725. The highest BCUT2D eigenvalue weighted by Crippen LogP contribution is 2.39. The molecular formula is C12H11N5S. The topological polar surface area (TPSA) is 69.6 Å². The molecule has 3 aromatic rings. The Morgan fingerprint density at radius 2 is 2.17 bits per heavy atom. The second kappa shape index (κ2) is 3.52. The smallest absolute Gasteiger partial charge is 0.223 e. The molecule has 0 spiro atoms. The largest absolute Gasteiger partial charge is 0.368 e. The van der Waals surface area contributed by atoms with E-state index in [4.69, 9.17) is 5.73 Å². The lowest BCUT2D eigenvalue weighted by Crippen LogP contribution is -2.04. The van der Waals surface area contributed by atoms with Crippen LogP contribution in [0.5, 0.6) is 0 Å². The zero-order chi connectivity index (χ0) is 12.1. The molecule has 5 nitrogen and oxygen atoms in total. The molecule has 2 N–H and O–H groups in total. The van der Waals surface area contributed by atoms with Crippen LogP contribution in [0.4, 0.5) is 5.95 Å². The maximum absolute atomic E-state index is 5.74. The van der Waals surface area contributed by atoms with E-state index in [1.54, 1.807) is 16.0 Å². The Kier molecular flexibility index (Phi) is 1.96. The third-order valence-electron chi connectivity index (χ3n) is 3.14.